The first kappa shape index (κ1) is 14.1. The van der Waals surface area contributed by atoms with Gasteiger partial charge in [0.1, 0.15) is 6.54 Å². The van der Waals surface area contributed by atoms with Gasteiger partial charge in [0.15, 0.2) is 0 Å². The summed E-state index contributed by atoms with van der Waals surface area (Å²) in [6.07, 6.45) is 0. The van der Waals surface area contributed by atoms with Crippen LogP contribution in [-0.4, -0.2) is 47.2 Å². The molecule has 0 radical (unpaired) electrons. The van der Waals surface area contributed by atoms with Crippen molar-refractivity contribution >= 4 is 5.91 Å². The van der Waals surface area contributed by atoms with Crippen molar-refractivity contribution in [3.63, 3.8) is 0 Å². The number of carbonyl (C=O) groups is 1. The van der Waals surface area contributed by atoms with Crippen molar-refractivity contribution in [3.05, 3.63) is 32.8 Å². The zero-order valence-corrected chi connectivity index (χ0v) is 9.72. The Morgan fingerprint density at radius 3 is 2.89 bits per heavy atom. The molecule has 1 aromatic heterocycles. The van der Waals surface area contributed by atoms with Gasteiger partial charge >= 0.3 is 0 Å². The quantitative estimate of drug-likeness (QED) is 0.474. The number of hydrogen-bond donors (Lipinski definition) is 3. The molecule has 0 saturated carbocycles. The minimum atomic E-state index is -0.457. The average molecular weight is 257 g/mol. The summed E-state index contributed by atoms with van der Waals surface area (Å²) < 4.78 is 5.86. The fourth-order valence-corrected chi connectivity index (χ4v) is 1.21. The molecule has 0 aliphatic carbocycles. The van der Waals surface area contributed by atoms with Crippen LogP contribution in [0.1, 0.15) is 0 Å². The second-order valence-electron chi connectivity index (χ2n) is 3.42. The van der Waals surface area contributed by atoms with Crippen molar-refractivity contribution in [1.82, 2.24) is 15.1 Å². The van der Waals surface area contributed by atoms with Crippen LogP contribution in [0.25, 0.3) is 0 Å². The van der Waals surface area contributed by atoms with Crippen molar-refractivity contribution in [1.29, 1.82) is 0 Å². The third-order valence-corrected chi connectivity index (χ3v) is 1.99. The Morgan fingerprint density at radius 1 is 1.39 bits per heavy atom. The van der Waals surface area contributed by atoms with E-state index in [1.165, 1.54) is 0 Å². The van der Waals surface area contributed by atoms with Crippen LogP contribution in [0.2, 0.25) is 0 Å². The van der Waals surface area contributed by atoms with Crippen LogP contribution in [0.15, 0.2) is 21.7 Å². The molecule has 1 rings (SSSR count). The highest BCUT2D eigenvalue weighted by atomic mass is 16.5. The van der Waals surface area contributed by atoms with Gasteiger partial charge in [-0.2, -0.15) is 0 Å². The van der Waals surface area contributed by atoms with E-state index in [0.717, 1.165) is 16.8 Å². The Balaban J connectivity index is 2.38. The lowest BCUT2D eigenvalue weighted by Gasteiger charge is -2.07. The van der Waals surface area contributed by atoms with Crippen LogP contribution < -0.4 is 16.4 Å². The lowest BCUT2D eigenvalue weighted by atomic mass is 10.5. The molecule has 0 aromatic carbocycles. The standard InChI is InChI=1S/C10H15N3O5/c14-4-6-18-5-3-11-9(16)7-13-10(17)2-1-8(15)12-13/h1-2,14H,3-7H2,(H,11,16)(H,12,15). The van der Waals surface area contributed by atoms with Crippen molar-refractivity contribution in [3.8, 4) is 0 Å². The first-order chi connectivity index (χ1) is 8.63. The van der Waals surface area contributed by atoms with E-state index >= 15 is 0 Å². The maximum Gasteiger partial charge on any atom is 0.265 e. The van der Waals surface area contributed by atoms with Gasteiger partial charge in [0.05, 0.1) is 19.8 Å². The summed E-state index contributed by atoms with van der Waals surface area (Å²) in [6, 6.07) is 2.19. The van der Waals surface area contributed by atoms with E-state index < -0.39 is 17.0 Å². The molecule has 0 aliphatic heterocycles. The molecule has 1 aromatic rings. The minimum Gasteiger partial charge on any atom is -0.394 e. The maximum atomic E-state index is 11.4. The highest BCUT2D eigenvalue weighted by molar-refractivity contribution is 5.75. The SMILES string of the molecule is O=C(Cn1[nH]c(=O)ccc1=O)NCCOCCO. The molecule has 0 unspecified atom stereocenters. The number of nitrogens with one attached hydrogen (secondary N) is 2. The van der Waals surface area contributed by atoms with E-state index in [-0.39, 0.29) is 32.9 Å². The summed E-state index contributed by atoms with van der Waals surface area (Å²) in [5.41, 5.74) is -0.907. The lowest BCUT2D eigenvalue weighted by molar-refractivity contribution is -0.122. The normalized spacial score (nSPS) is 10.3. The number of hydrogen-bond acceptors (Lipinski definition) is 5. The largest absolute Gasteiger partial charge is 0.394 e. The van der Waals surface area contributed by atoms with E-state index in [2.05, 4.69) is 10.4 Å². The molecule has 8 heteroatoms. The number of amides is 1. The number of H-pyrrole nitrogens is 1. The molecule has 1 amide bonds. The highest BCUT2D eigenvalue weighted by Gasteiger charge is 2.04. The zero-order valence-electron chi connectivity index (χ0n) is 9.72. The van der Waals surface area contributed by atoms with Crippen LogP contribution in [-0.2, 0) is 16.1 Å². The fraction of sp³-hybridized carbons (Fsp3) is 0.500. The first-order valence-corrected chi connectivity index (χ1v) is 5.39. The van der Waals surface area contributed by atoms with Crippen LogP contribution in [0.3, 0.4) is 0 Å². The van der Waals surface area contributed by atoms with E-state index in [9.17, 15) is 14.4 Å². The zero-order chi connectivity index (χ0) is 13.4. The van der Waals surface area contributed by atoms with E-state index in [1.54, 1.807) is 0 Å². The maximum absolute atomic E-state index is 11.4. The van der Waals surface area contributed by atoms with Gasteiger partial charge in [0.25, 0.3) is 11.1 Å². The molecule has 8 nitrogen and oxygen atoms in total. The third kappa shape index (κ3) is 4.93. The first-order valence-electron chi connectivity index (χ1n) is 5.39. The predicted molar refractivity (Wildman–Crippen MR) is 62.2 cm³/mol. The van der Waals surface area contributed by atoms with E-state index in [1.807, 2.05) is 0 Å². The van der Waals surface area contributed by atoms with Gasteiger partial charge in [0, 0.05) is 18.7 Å². The van der Waals surface area contributed by atoms with Gasteiger partial charge in [-0.25, -0.2) is 4.68 Å². The van der Waals surface area contributed by atoms with Gasteiger partial charge in [0.2, 0.25) is 5.91 Å². The van der Waals surface area contributed by atoms with Gasteiger partial charge in [-0.1, -0.05) is 0 Å². The average Bonchev–Trinajstić information content (AvgIpc) is 2.33. The van der Waals surface area contributed by atoms with E-state index in [0.29, 0.717) is 0 Å². The Kier molecular flexibility index (Phi) is 5.81. The summed E-state index contributed by atoms with van der Waals surface area (Å²) in [7, 11) is 0. The number of aromatic nitrogens is 2. The van der Waals surface area contributed by atoms with Crippen molar-refractivity contribution in [2.45, 2.75) is 6.54 Å². The summed E-state index contributed by atoms with van der Waals surface area (Å²) in [5, 5.41) is 13.2. The number of rotatable bonds is 7. The Hall–Kier alpha value is -1.93. The second-order valence-corrected chi connectivity index (χ2v) is 3.42. The van der Waals surface area contributed by atoms with Gasteiger partial charge in [-0.05, 0) is 0 Å². The number of aliphatic hydroxyl groups excluding tert-OH is 1. The minimum absolute atomic E-state index is 0.0748. The number of nitrogens with zero attached hydrogens (tertiary/aromatic N) is 1. The monoisotopic (exact) mass is 257 g/mol. The fourth-order valence-electron chi connectivity index (χ4n) is 1.21. The number of carbonyl (C=O) groups excluding carboxylic acids is 1. The van der Waals surface area contributed by atoms with Crippen LogP contribution >= 0.6 is 0 Å². The molecule has 100 valence electrons. The Bertz CT molecular complexity index is 493. The third-order valence-electron chi connectivity index (χ3n) is 1.99. The molecule has 0 saturated heterocycles. The molecule has 0 spiro atoms. The second kappa shape index (κ2) is 7.41. The van der Waals surface area contributed by atoms with Crippen molar-refractivity contribution in [2.75, 3.05) is 26.4 Å². The van der Waals surface area contributed by atoms with Gasteiger partial charge in [-0.3, -0.25) is 19.5 Å². The smallest absolute Gasteiger partial charge is 0.265 e. The summed E-state index contributed by atoms with van der Waals surface area (Å²) >= 11 is 0. The predicted octanol–water partition coefficient (Wildman–Crippen LogP) is -2.34. The summed E-state index contributed by atoms with van der Waals surface area (Å²) in [6.45, 7) is 0.419. The van der Waals surface area contributed by atoms with Crippen LogP contribution in [0.4, 0.5) is 0 Å². The molecule has 1 heterocycles. The molecule has 0 aliphatic rings. The van der Waals surface area contributed by atoms with Crippen LogP contribution in [0.5, 0.6) is 0 Å². The molecular weight excluding hydrogens is 242 g/mol. The number of ether oxygens (including phenoxy) is 1. The van der Waals surface area contributed by atoms with Gasteiger partial charge in [-0.15, -0.1) is 0 Å². The summed E-state index contributed by atoms with van der Waals surface area (Å²) in [5.74, 6) is -0.411. The Morgan fingerprint density at radius 2 is 2.17 bits per heavy atom. The summed E-state index contributed by atoms with van der Waals surface area (Å²) in [4.78, 5) is 33.7. The van der Waals surface area contributed by atoms with Crippen LogP contribution in [0, 0.1) is 0 Å². The number of aromatic amines is 1. The topological polar surface area (TPSA) is 113 Å². The van der Waals surface area contributed by atoms with Crippen molar-refractivity contribution < 1.29 is 14.6 Å². The molecule has 3 N–H and O–H groups in total. The van der Waals surface area contributed by atoms with E-state index in [4.69, 9.17) is 9.84 Å². The molecule has 0 atom stereocenters. The Labute approximate surface area is 102 Å². The number of aliphatic hydroxyl groups is 1. The molecule has 18 heavy (non-hydrogen) atoms. The molecule has 0 fully saturated rings. The molecular formula is C10H15N3O5. The van der Waals surface area contributed by atoms with Gasteiger partial charge < -0.3 is 15.2 Å². The lowest BCUT2D eigenvalue weighted by Crippen LogP contribution is -2.37. The van der Waals surface area contributed by atoms with Crippen molar-refractivity contribution in [2.24, 2.45) is 0 Å². The highest BCUT2D eigenvalue weighted by Crippen LogP contribution is 1.76. The molecule has 0 bridgehead atoms.